The molecule has 0 unspecified atom stereocenters. The van der Waals surface area contributed by atoms with Crippen LogP contribution in [0.3, 0.4) is 0 Å². The summed E-state index contributed by atoms with van der Waals surface area (Å²) in [4.78, 5) is 3.92. The lowest BCUT2D eigenvalue weighted by Gasteiger charge is -2.01. The van der Waals surface area contributed by atoms with Crippen molar-refractivity contribution in [2.45, 2.75) is 12.7 Å². The molecule has 0 saturated carbocycles. The minimum absolute atomic E-state index is 0.799. The van der Waals surface area contributed by atoms with E-state index in [1.165, 1.54) is 5.56 Å². The molecular formula is C8H12N2S. The molecule has 1 rings (SSSR count). The molecule has 0 bridgehead atoms. The first kappa shape index (κ1) is 8.40. The van der Waals surface area contributed by atoms with Gasteiger partial charge in [-0.05, 0) is 17.4 Å². The third-order valence-electron chi connectivity index (χ3n) is 1.41. The highest BCUT2D eigenvalue weighted by molar-refractivity contribution is 7.98. The highest BCUT2D eigenvalue weighted by Gasteiger charge is 1.95. The number of pyridine rings is 1. The average molecular weight is 168 g/mol. The Morgan fingerprint density at radius 3 is 3.09 bits per heavy atom. The third kappa shape index (κ3) is 2.42. The Balaban J connectivity index is 2.62. The lowest BCUT2D eigenvalue weighted by atomic mass is 10.3. The fraction of sp³-hybridized carbons (Fsp3) is 0.375. The summed E-state index contributed by atoms with van der Waals surface area (Å²) >= 11 is 1.87. The molecule has 0 fully saturated rings. The molecule has 1 aromatic heterocycles. The van der Waals surface area contributed by atoms with Crippen LogP contribution in [0, 0.1) is 0 Å². The van der Waals surface area contributed by atoms with Crippen molar-refractivity contribution in [1.29, 1.82) is 0 Å². The van der Waals surface area contributed by atoms with Crippen LogP contribution in [0.25, 0.3) is 0 Å². The van der Waals surface area contributed by atoms with Crippen LogP contribution >= 0.6 is 11.8 Å². The summed E-state index contributed by atoms with van der Waals surface area (Å²) < 4.78 is 0. The zero-order valence-electron chi connectivity index (χ0n) is 6.58. The van der Waals surface area contributed by atoms with Crippen molar-refractivity contribution in [2.24, 2.45) is 0 Å². The molecule has 2 N–H and O–H groups in total. The van der Waals surface area contributed by atoms with E-state index in [-0.39, 0.29) is 0 Å². The van der Waals surface area contributed by atoms with Gasteiger partial charge in [0, 0.05) is 11.9 Å². The monoisotopic (exact) mass is 168 g/mol. The van der Waals surface area contributed by atoms with Gasteiger partial charge in [0.15, 0.2) is 0 Å². The van der Waals surface area contributed by atoms with Crippen LogP contribution < -0.4 is 5.73 Å². The molecule has 0 aliphatic rings. The van der Waals surface area contributed by atoms with Crippen molar-refractivity contribution in [2.75, 3.05) is 11.5 Å². The summed E-state index contributed by atoms with van der Waals surface area (Å²) in [6.07, 6.45) is 3.48. The molecule has 0 amide bonds. The quantitative estimate of drug-likeness (QED) is 0.749. The second-order valence-electron chi connectivity index (χ2n) is 2.21. The molecule has 1 heterocycles. The number of anilines is 1. The Morgan fingerprint density at radius 2 is 2.45 bits per heavy atom. The minimum Gasteiger partial charge on any atom is -0.397 e. The zero-order valence-corrected chi connectivity index (χ0v) is 7.40. The molecule has 0 atom stereocenters. The van der Waals surface area contributed by atoms with Crippen molar-refractivity contribution < 1.29 is 0 Å². The molecule has 0 aliphatic heterocycles. The number of hydrogen-bond donors (Lipinski definition) is 1. The predicted octanol–water partition coefficient (Wildman–Crippen LogP) is 1.92. The topological polar surface area (TPSA) is 38.9 Å². The van der Waals surface area contributed by atoms with E-state index in [1.54, 1.807) is 12.4 Å². The van der Waals surface area contributed by atoms with Crippen LogP contribution in [0.2, 0.25) is 0 Å². The van der Waals surface area contributed by atoms with E-state index in [9.17, 15) is 0 Å². The summed E-state index contributed by atoms with van der Waals surface area (Å²) in [6.45, 7) is 2.14. The molecule has 0 spiro atoms. The smallest absolute Gasteiger partial charge is 0.0541 e. The van der Waals surface area contributed by atoms with Crippen molar-refractivity contribution in [1.82, 2.24) is 4.98 Å². The van der Waals surface area contributed by atoms with E-state index in [1.807, 2.05) is 17.8 Å². The van der Waals surface area contributed by atoms with Gasteiger partial charge in [0.25, 0.3) is 0 Å². The molecule has 0 aliphatic carbocycles. The molecule has 1 aromatic rings. The van der Waals surface area contributed by atoms with Crippen molar-refractivity contribution in [3.8, 4) is 0 Å². The number of nitrogens with zero attached hydrogens (tertiary/aromatic N) is 1. The van der Waals surface area contributed by atoms with E-state index in [2.05, 4.69) is 11.9 Å². The summed E-state index contributed by atoms with van der Waals surface area (Å²) in [5.41, 5.74) is 7.67. The Labute approximate surface area is 71.2 Å². The number of nitrogen functional groups attached to an aromatic ring is 1. The fourth-order valence-corrected chi connectivity index (χ4v) is 1.47. The number of nitrogens with two attached hydrogens (primary N) is 1. The summed E-state index contributed by atoms with van der Waals surface area (Å²) in [6, 6.07) is 1.97. The lowest BCUT2D eigenvalue weighted by Crippen LogP contribution is -1.92. The Bertz CT molecular complexity index is 225. The lowest BCUT2D eigenvalue weighted by molar-refractivity contribution is 1.27. The van der Waals surface area contributed by atoms with Gasteiger partial charge in [-0.3, -0.25) is 4.98 Å². The van der Waals surface area contributed by atoms with Gasteiger partial charge in [0.2, 0.25) is 0 Å². The first-order valence-corrected chi connectivity index (χ1v) is 4.76. The van der Waals surface area contributed by atoms with Gasteiger partial charge >= 0.3 is 0 Å². The van der Waals surface area contributed by atoms with Crippen LogP contribution in [0.5, 0.6) is 0 Å². The van der Waals surface area contributed by atoms with E-state index in [0.717, 1.165) is 17.2 Å². The summed E-state index contributed by atoms with van der Waals surface area (Å²) in [7, 11) is 0. The van der Waals surface area contributed by atoms with Crippen LogP contribution in [0.15, 0.2) is 18.5 Å². The summed E-state index contributed by atoms with van der Waals surface area (Å²) in [5, 5.41) is 0. The second-order valence-corrected chi connectivity index (χ2v) is 3.49. The number of rotatable bonds is 3. The largest absolute Gasteiger partial charge is 0.397 e. The maximum atomic E-state index is 5.69. The van der Waals surface area contributed by atoms with Gasteiger partial charge in [0.05, 0.1) is 11.9 Å². The Morgan fingerprint density at radius 1 is 1.64 bits per heavy atom. The van der Waals surface area contributed by atoms with Gasteiger partial charge in [-0.25, -0.2) is 0 Å². The maximum Gasteiger partial charge on any atom is 0.0541 e. The molecule has 11 heavy (non-hydrogen) atoms. The fourth-order valence-electron chi connectivity index (χ4n) is 0.779. The zero-order chi connectivity index (χ0) is 8.10. The molecule has 60 valence electrons. The van der Waals surface area contributed by atoms with Gasteiger partial charge in [-0.2, -0.15) is 11.8 Å². The molecule has 3 heteroatoms. The van der Waals surface area contributed by atoms with Gasteiger partial charge in [0.1, 0.15) is 0 Å². The van der Waals surface area contributed by atoms with Crippen molar-refractivity contribution in [3.63, 3.8) is 0 Å². The van der Waals surface area contributed by atoms with E-state index in [4.69, 9.17) is 5.73 Å². The molecular weight excluding hydrogens is 156 g/mol. The van der Waals surface area contributed by atoms with E-state index in [0.29, 0.717) is 0 Å². The average Bonchev–Trinajstić information content (AvgIpc) is 2.03. The summed E-state index contributed by atoms with van der Waals surface area (Å²) in [5.74, 6) is 2.12. The van der Waals surface area contributed by atoms with Gasteiger partial charge in [-0.15, -0.1) is 0 Å². The standard InChI is InChI=1S/C8H12N2S/c1-2-11-6-7-3-4-10-5-8(7)9/h3-5H,2,6,9H2,1H3. The van der Waals surface area contributed by atoms with E-state index < -0.39 is 0 Å². The molecule has 0 aromatic carbocycles. The highest BCUT2D eigenvalue weighted by Crippen LogP contribution is 2.16. The van der Waals surface area contributed by atoms with Crippen LogP contribution in [0.4, 0.5) is 5.69 Å². The van der Waals surface area contributed by atoms with Crippen LogP contribution in [-0.4, -0.2) is 10.7 Å². The molecule has 2 nitrogen and oxygen atoms in total. The minimum atomic E-state index is 0.799. The predicted molar refractivity (Wildman–Crippen MR) is 50.5 cm³/mol. The third-order valence-corrected chi connectivity index (χ3v) is 2.33. The SMILES string of the molecule is CCSCc1ccncc1N. The second kappa shape index (κ2) is 4.23. The number of hydrogen-bond acceptors (Lipinski definition) is 3. The van der Waals surface area contributed by atoms with Gasteiger partial charge < -0.3 is 5.73 Å². The van der Waals surface area contributed by atoms with Crippen LogP contribution in [-0.2, 0) is 5.75 Å². The Kier molecular flexibility index (Phi) is 3.23. The van der Waals surface area contributed by atoms with Crippen LogP contribution in [0.1, 0.15) is 12.5 Å². The molecule has 0 radical (unpaired) electrons. The van der Waals surface area contributed by atoms with Gasteiger partial charge in [-0.1, -0.05) is 6.92 Å². The first-order valence-electron chi connectivity index (χ1n) is 3.60. The normalized spacial score (nSPS) is 9.91. The molecule has 0 saturated heterocycles. The highest BCUT2D eigenvalue weighted by atomic mass is 32.2. The van der Waals surface area contributed by atoms with Crippen molar-refractivity contribution >= 4 is 17.4 Å². The Hall–Kier alpha value is -0.700. The van der Waals surface area contributed by atoms with Crippen molar-refractivity contribution in [3.05, 3.63) is 24.0 Å². The van der Waals surface area contributed by atoms with E-state index >= 15 is 0 Å². The number of aromatic nitrogens is 1. The maximum absolute atomic E-state index is 5.69. The first-order chi connectivity index (χ1) is 5.34. The number of thioether (sulfide) groups is 1.